The van der Waals surface area contributed by atoms with Crippen molar-refractivity contribution in [3.8, 4) is 0 Å². The Morgan fingerprint density at radius 3 is 1.25 bits per heavy atom. The van der Waals surface area contributed by atoms with Crippen LogP contribution in [-0.2, 0) is 25.7 Å². The highest BCUT2D eigenvalue weighted by molar-refractivity contribution is 5.89. The number of aryl methyl sites for hydroxylation is 2. The van der Waals surface area contributed by atoms with Gasteiger partial charge in [0, 0.05) is 0 Å². The summed E-state index contributed by atoms with van der Waals surface area (Å²) in [6.45, 7) is 0. The van der Waals surface area contributed by atoms with Gasteiger partial charge in [0.1, 0.15) is 0 Å². The molecule has 154 valence electrons. The summed E-state index contributed by atoms with van der Waals surface area (Å²) < 4.78 is 0. The third-order valence-electron chi connectivity index (χ3n) is 6.88. The summed E-state index contributed by atoms with van der Waals surface area (Å²) in [4.78, 5) is 0. The van der Waals surface area contributed by atoms with E-state index in [-0.39, 0.29) is 0 Å². The van der Waals surface area contributed by atoms with E-state index in [2.05, 4.69) is 109 Å². The first-order valence-corrected chi connectivity index (χ1v) is 11.6. The van der Waals surface area contributed by atoms with Crippen molar-refractivity contribution < 1.29 is 0 Å². The smallest absolute Gasteiger partial charge is 0.00137 e. The Bertz CT molecular complexity index is 1220. The lowest BCUT2D eigenvalue weighted by atomic mass is 9.98. The Morgan fingerprint density at radius 2 is 0.844 bits per heavy atom. The van der Waals surface area contributed by atoms with Gasteiger partial charge in [0.2, 0.25) is 0 Å². The summed E-state index contributed by atoms with van der Waals surface area (Å²) in [7, 11) is 0. The van der Waals surface area contributed by atoms with E-state index in [4.69, 9.17) is 0 Å². The highest BCUT2D eigenvalue weighted by atomic mass is 14.2. The molecule has 2 aliphatic carbocycles. The maximum atomic E-state index is 2.34. The summed E-state index contributed by atoms with van der Waals surface area (Å²) in [6, 6.07) is 35.8. The molecule has 0 heteroatoms. The molecule has 0 aromatic heterocycles. The minimum atomic E-state index is 1.05. The first-order chi connectivity index (χ1) is 15.8. The summed E-state index contributed by atoms with van der Waals surface area (Å²) in [5, 5.41) is 0. The minimum absolute atomic E-state index is 1.05. The average molecular weight is 411 g/mol. The largest absolute Gasteiger partial charge is 0.0619 e. The van der Waals surface area contributed by atoms with Crippen molar-refractivity contribution in [3.63, 3.8) is 0 Å². The maximum Gasteiger partial charge on any atom is -0.00137 e. The van der Waals surface area contributed by atoms with Crippen LogP contribution < -0.4 is 0 Å². The molecule has 0 heterocycles. The maximum absolute atomic E-state index is 2.34. The van der Waals surface area contributed by atoms with Crippen molar-refractivity contribution in [2.45, 2.75) is 25.7 Å². The van der Waals surface area contributed by atoms with Crippen LogP contribution in [0, 0.1) is 0 Å². The molecule has 0 radical (unpaired) electrons. The zero-order valence-electron chi connectivity index (χ0n) is 18.2. The monoisotopic (exact) mass is 410 g/mol. The van der Waals surface area contributed by atoms with Crippen LogP contribution in [0.15, 0.2) is 97.1 Å². The zero-order chi connectivity index (χ0) is 21.3. The lowest BCUT2D eigenvalue weighted by Crippen LogP contribution is -1.93. The van der Waals surface area contributed by atoms with Crippen LogP contribution in [0.5, 0.6) is 0 Å². The SMILES string of the molecule is C1=C(c2ccc(CCc3ccc(C4=Cc5ccccc5C4)cc3)cc2)Cc2ccccc21. The molecule has 32 heavy (non-hydrogen) atoms. The second-order valence-corrected chi connectivity index (χ2v) is 8.98. The van der Waals surface area contributed by atoms with Crippen LogP contribution >= 0.6 is 0 Å². The fraction of sp³-hybridized carbons (Fsp3) is 0.125. The number of benzene rings is 4. The Hall–Kier alpha value is -3.64. The molecule has 0 amide bonds. The Morgan fingerprint density at radius 1 is 0.438 bits per heavy atom. The highest BCUT2D eigenvalue weighted by Gasteiger charge is 2.14. The fourth-order valence-electron chi connectivity index (χ4n) is 4.99. The summed E-state index contributed by atoms with van der Waals surface area (Å²) in [6.07, 6.45) is 8.92. The first-order valence-electron chi connectivity index (χ1n) is 11.6. The zero-order valence-corrected chi connectivity index (χ0v) is 18.2. The molecule has 2 aliphatic rings. The van der Waals surface area contributed by atoms with Gasteiger partial charge in [-0.1, -0.05) is 109 Å². The van der Waals surface area contributed by atoms with Crippen LogP contribution in [0.2, 0.25) is 0 Å². The molecule has 0 aliphatic heterocycles. The number of hydrogen-bond donors (Lipinski definition) is 0. The molecule has 0 spiro atoms. The van der Waals surface area contributed by atoms with Crippen molar-refractivity contribution in [3.05, 3.63) is 142 Å². The summed E-state index contributed by atoms with van der Waals surface area (Å²) in [5.74, 6) is 0. The number of allylic oxidation sites excluding steroid dienone is 2. The Kier molecular flexibility index (Phi) is 4.85. The van der Waals surface area contributed by atoms with Gasteiger partial charge in [0.05, 0.1) is 0 Å². The standard InChI is InChI=1S/C32H26/c1-2-6-28-20-31(19-27(28)5-1)25-15-11-23(12-16-25)9-10-24-13-17-26(18-14-24)32-21-29-7-3-4-8-30(29)22-32/h1-8,11-19,21H,9-10,20,22H2. The van der Waals surface area contributed by atoms with Crippen molar-refractivity contribution in [1.82, 2.24) is 0 Å². The molecular formula is C32H26. The third-order valence-corrected chi connectivity index (χ3v) is 6.88. The highest BCUT2D eigenvalue weighted by Crippen LogP contribution is 2.32. The van der Waals surface area contributed by atoms with Crippen LogP contribution in [0.25, 0.3) is 23.3 Å². The van der Waals surface area contributed by atoms with Gasteiger partial charge in [0.15, 0.2) is 0 Å². The summed E-state index contributed by atoms with van der Waals surface area (Å²) in [5.41, 5.74) is 14.0. The van der Waals surface area contributed by atoms with Gasteiger partial charge in [-0.25, -0.2) is 0 Å². The predicted octanol–water partition coefficient (Wildman–Crippen LogP) is 7.67. The van der Waals surface area contributed by atoms with E-state index in [0.717, 1.165) is 25.7 Å². The van der Waals surface area contributed by atoms with Gasteiger partial charge >= 0.3 is 0 Å². The van der Waals surface area contributed by atoms with E-state index in [1.807, 2.05) is 0 Å². The van der Waals surface area contributed by atoms with Crippen molar-refractivity contribution in [2.24, 2.45) is 0 Å². The topological polar surface area (TPSA) is 0 Å². The minimum Gasteiger partial charge on any atom is -0.0619 e. The molecule has 0 saturated heterocycles. The summed E-state index contributed by atoms with van der Waals surface area (Å²) >= 11 is 0. The molecule has 6 rings (SSSR count). The van der Waals surface area contributed by atoms with Gasteiger partial charge in [-0.15, -0.1) is 0 Å². The first kappa shape index (κ1) is 19.1. The second kappa shape index (κ2) is 8.13. The lowest BCUT2D eigenvalue weighted by molar-refractivity contribution is 0.959. The van der Waals surface area contributed by atoms with Crippen molar-refractivity contribution in [1.29, 1.82) is 0 Å². The van der Waals surface area contributed by atoms with Crippen LogP contribution in [-0.4, -0.2) is 0 Å². The number of hydrogen-bond acceptors (Lipinski definition) is 0. The van der Waals surface area contributed by atoms with Gasteiger partial charge in [0.25, 0.3) is 0 Å². The van der Waals surface area contributed by atoms with E-state index >= 15 is 0 Å². The molecule has 0 saturated carbocycles. The average Bonchev–Trinajstić information content (AvgIpc) is 3.48. The van der Waals surface area contributed by atoms with E-state index < -0.39 is 0 Å². The van der Waals surface area contributed by atoms with Gasteiger partial charge in [-0.05, 0) is 81.3 Å². The Labute approximate surface area is 190 Å². The van der Waals surface area contributed by atoms with Gasteiger partial charge < -0.3 is 0 Å². The molecule has 4 aromatic carbocycles. The van der Waals surface area contributed by atoms with E-state index in [1.165, 1.54) is 55.7 Å². The van der Waals surface area contributed by atoms with Crippen molar-refractivity contribution >= 4 is 23.3 Å². The van der Waals surface area contributed by atoms with Gasteiger partial charge in [-0.2, -0.15) is 0 Å². The molecule has 0 nitrogen and oxygen atoms in total. The third kappa shape index (κ3) is 3.74. The van der Waals surface area contributed by atoms with E-state index in [1.54, 1.807) is 0 Å². The number of fused-ring (bicyclic) bond motifs is 2. The quantitative estimate of drug-likeness (QED) is 0.317. The van der Waals surface area contributed by atoms with E-state index in [9.17, 15) is 0 Å². The molecule has 0 atom stereocenters. The van der Waals surface area contributed by atoms with Gasteiger partial charge in [-0.3, -0.25) is 0 Å². The number of rotatable bonds is 5. The molecular weight excluding hydrogens is 384 g/mol. The fourth-order valence-corrected chi connectivity index (χ4v) is 4.99. The normalized spacial score (nSPS) is 14.0. The molecule has 0 fully saturated rings. The van der Waals surface area contributed by atoms with E-state index in [0.29, 0.717) is 0 Å². The van der Waals surface area contributed by atoms with Crippen LogP contribution in [0.3, 0.4) is 0 Å². The molecule has 0 bridgehead atoms. The van der Waals surface area contributed by atoms with Crippen molar-refractivity contribution in [2.75, 3.05) is 0 Å². The van der Waals surface area contributed by atoms with Crippen LogP contribution in [0.1, 0.15) is 44.5 Å². The molecule has 4 aromatic rings. The van der Waals surface area contributed by atoms with Crippen LogP contribution in [0.4, 0.5) is 0 Å². The lowest BCUT2D eigenvalue weighted by Gasteiger charge is -2.07. The molecule has 0 N–H and O–H groups in total. The molecule has 0 unspecified atom stereocenters. The second-order valence-electron chi connectivity index (χ2n) is 8.98. The Balaban J connectivity index is 1.08. The predicted molar refractivity (Wildman–Crippen MR) is 136 cm³/mol.